The third-order valence-corrected chi connectivity index (χ3v) is 5.55. The van der Waals surface area contributed by atoms with E-state index in [0.717, 1.165) is 0 Å². The summed E-state index contributed by atoms with van der Waals surface area (Å²) < 4.78 is 10.7. The molecule has 0 saturated carbocycles. The highest BCUT2D eigenvalue weighted by Gasteiger charge is 2.30. The largest absolute Gasteiger partial charge is 0.496 e. The summed E-state index contributed by atoms with van der Waals surface area (Å²) in [4.78, 5) is 27.4. The average molecular weight is 437 g/mol. The molecule has 3 rings (SSSR count). The molecule has 0 spiro atoms. The minimum absolute atomic E-state index is 0.129. The molecule has 0 radical (unpaired) electrons. The predicted octanol–water partition coefficient (Wildman–Crippen LogP) is 4.50. The van der Waals surface area contributed by atoms with Gasteiger partial charge in [-0.15, -0.1) is 0 Å². The summed E-state index contributed by atoms with van der Waals surface area (Å²) in [7, 11) is 3.03. The molecule has 6 nitrogen and oxygen atoms in total. The quantitative estimate of drug-likeness (QED) is 0.748. The second kappa shape index (κ2) is 9.37. The molecule has 1 aliphatic heterocycles. The van der Waals surface area contributed by atoms with Crippen LogP contribution in [0, 0.1) is 5.92 Å². The van der Waals surface area contributed by atoms with E-state index in [2.05, 4.69) is 5.32 Å². The van der Waals surface area contributed by atoms with E-state index >= 15 is 0 Å². The molecular weight excluding hydrogens is 415 g/mol. The van der Waals surface area contributed by atoms with Gasteiger partial charge in [0.05, 0.1) is 24.9 Å². The van der Waals surface area contributed by atoms with Crippen LogP contribution in [0.4, 0.5) is 5.69 Å². The zero-order valence-corrected chi connectivity index (χ0v) is 17.7. The van der Waals surface area contributed by atoms with Crippen LogP contribution in [-0.4, -0.2) is 44.0 Å². The third kappa shape index (κ3) is 4.77. The number of carbonyl (C=O) groups is 2. The van der Waals surface area contributed by atoms with E-state index in [9.17, 15) is 9.59 Å². The summed E-state index contributed by atoms with van der Waals surface area (Å²) in [6.45, 7) is 0.919. The highest BCUT2D eigenvalue weighted by molar-refractivity contribution is 6.35. The molecule has 0 aliphatic carbocycles. The van der Waals surface area contributed by atoms with Gasteiger partial charge in [0.1, 0.15) is 17.1 Å². The van der Waals surface area contributed by atoms with E-state index in [1.165, 1.54) is 14.2 Å². The molecule has 1 aliphatic rings. The van der Waals surface area contributed by atoms with Crippen LogP contribution >= 0.6 is 23.2 Å². The number of amides is 2. The smallest absolute Gasteiger partial charge is 0.261 e. The van der Waals surface area contributed by atoms with E-state index < -0.39 is 0 Å². The lowest BCUT2D eigenvalue weighted by molar-refractivity contribution is -0.121. The highest BCUT2D eigenvalue weighted by Crippen LogP contribution is 2.32. The van der Waals surface area contributed by atoms with Crippen LogP contribution in [0.25, 0.3) is 0 Å². The van der Waals surface area contributed by atoms with Crippen LogP contribution in [0.15, 0.2) is 36.4 Å². The number of methoxy groups -OCH3 is 2. The van der Waals surface area contributed by atoms with Crippen molar-refractivity contribution < 1.29 is 19.1 Å². The molecule has 2 amide bonds. The predicted molar refractivity (Wildman–Crippen MR) is 113 cm³/mol. The van der Waals surface area contributed by atoms with Crippen molar-refractivity contribution in [2.45, 2.75) is 12.8 Å². The minimum atomic E-state index is -0.214. The second-order valence-electron chi connectivity index (χ2n) is 6.72. The molecule has 8 heteroatoms. The maximum atomic E-state index is 13.0. The van der Waals surface area contributed by atoms with Gasteiger partial charge in [0.2, 0.25) is 5.91 Å². The summed E-state index contributed by atoms with van der Waals surface area (Å²) >= 11 is 12.1. The van der Waals surface area contributed by atoms with Crippen molar-refractivity contribution in [3.8, 4) is 11.5 Å². The lowest BCUT2D eigenvalue weighted by Gasteiger charge is -2.32. The maximum absolute atomic E-state index is 13.0. The number of halogens is 2. The first-order valence-electron chi connectivity index (χ1n) is 9.20. The van der Waals surface area contributed by atoms with Crippen molar-refractivity contribution >= 4 is 40.7 Å². The van der Waals surface area contributed by atoms with Gasteiger partial charge >= 0.3 is 0 Å². The number of rotatable bonds is 5. The number of likely N-dealkylation sites (tertiary alicyclic amines) is 1. The molecule has 0 bridgehead atoms. The van der Waals surface area contributed by atoms with Crippen molar-refractivity contribution in [3.63, 3.8) is 0 Å². The topological polar surface area (TPSA) is 67.9 Å². The third-order valence-electron chi connectivity index (χ3n) is 4.98. The molecule has 0 aromatic heterocycles. The van der Waals surface area contributed by atoms with Gasteiger partial charge < -0.3 is 19.7 Å². The number of ether oxygens (including phenoxy) is 2. The molecule has 154 valence electrons. The number of hydrogen-bond acceptors (Lipinski definition) is 4. The summed E-state index contributed by atoms with van der Waals surface area (Å²) in [5, 5.41) is 3.76. The number of benzene rings is 2. The molecule has 0 atom stereocenters. The van der Waals surface area contributed by atoms with Crippen LogP contribution in [0.5, 0.6) is 11.5 Å². The van der Waals surface area contributed by atoms with Crippen LogP contribution in [-0.2, 0) is 4.79 Å². The Labute approximate surface area is 179 Å². The van der Waals surface area contributed by atoms with Gasteiger partial charge in [-0.3, -0.25) is 9.59 Å². The van der Waals surface area contributed by atoms with Crippen molar-refractivity contribution in [1.29, 1.82) is 0 Å². The maximum Gasteiger partial charge on any atom is 0.261 e. The fourth-order valence-corrected chi connectivity index (χ4v) is 3.73. The molecular formula is C21H22Cl2N2O4. The van der Waals surface area contributed by atoms with E-state index in [1.807, 2.05) is 0 Å². The number of hydrogen-bond donors (Lipinski definition) is 1. The summed E-state index contributed by atoms with van der Waals surface area (Å²) in [6.07, 6.45) is 1.10. The van der Waals surface area contributed by atoms with Crippen LogP contribution < -0.4 is 14.8 Å². The molecule has 2 aromatic rings. The van der Waals surface area contributed by atoms with E-state index in [1.54, 1.807) is 41.3 Å². The van der Waals surface area contributed by atoms with Crippen molar-refractivity contribution in [2.24, 2.45) is 5.92 Å². The first-order valence-corrected chi connectivity index (χ1v) is 9.96. The summed E-state index contributed by atoms with van der Waals surface area (Å²) in [5.74, 6) is 0.412. The molecule has 2 aromatic carbocycles. The summed E-state index contributed by atoms with van der Waals surface area (Å²) in [6, 6.07) is 10.1. The molecule has 1 fully saturated rings. The average Bonchev–Trinajstić information content (AvgIpc) is 2.75. The van der Waals surface area contributed by atoms with Crippen molar-refractivity contribution in [3.05, 3.63) is 52.0 Å². The standard InChI is InChI=1S/C21H22Cl2N2O4/c1-28-17-4-3-5-18(29-2)19(17)21(27)25-10-8-13(9-11-25)20(26)24-16-12-14(22)6-7-15(16)23/h3-7,12-13H,8-11H2,1-2H3,(H,24,26). The fraction of sp³-hybridized carbons (Fsp3) is 0.333. The van der Waals surface area contributed by atoms with Gasteiger partial charge in [-0.2, -0.15) is 0 Å². The van der Waals surface area contributed by atoms with Crippen molar-refractivity contribution in [1.82, 2.24) is 4.90 Å². The van der Waals surface area contributed by atoms with E-state index in [4.69, 9.17) is 32.7 Å². The Morgan fingerprint density at radius 3 is 2.24 bits per heavy atom. The Morgan fingerprint density at radius 2 is 1.66 bits per heavy atom. The number of nitrogens with one attached hydrogen (secondary N) is 1. The van der Waals surface area contributed by atoms with Crippen molar-refractivity contribution in [2.75, 3.05) is 32.6 Å². The van der Waals surface area contributed by atoms with Gasteiger partial charge in [-0.25, -0.2) is 0 Å². The molecule has 1 saturated heterocycles. The van der Waals surface area contributed by atoms with E-state index in [0.29, 0.717) is 58.7 Å². The number of carbonyl (C=O) groups excluding carboxylic acids is 2. The Hall–Kier alpha value is -2.44. The Morgan fingerprint density at radius 1 is 1.03 bits per heavy atom. The highest BCUT2D eigenvalue weighted by atomic mass is 35.5. The number of anilines is 1. The normalized spacial score (nSPS) is 14.4. The molecule has 29 heavy (non-hydrogen) atoms. The Kier molecular flexibility index (Phi) is 6.87. The van der Waals surface area contributed by atoms with Crippen LogP contribution in [0.2, 0.25) is 10.0 Å². The van der Waals surface area contributed by atoms with E-state index in [-0.39, 0.29) is 17.7 Å². The number of nitrogens with zero attached hydrogens (tertiary/aromatic N) is 1. The van der Waals surface area contributed by atoms with Crippen LogP contribution in [0.1, 0.15) is 23.2 Å². The zero-order chi connectivity index (χ0) is 21.0. The Bertz CT molecular complexity index is 889. The molecule has 0 unspecified atom stereocenters. The zero-order valence-electron chi connectivity index (χ0n) is 16.2. The summed E-state index contributed by atoms with van der Waals surface area (Å²) in [5.41, 5.74) is 0.882. The molecule has 1 heterocycles. The minimum Gasteiger partial charge on any atom is -0.496 e. The SMILES string of the molecule is COc1cccc(OC)c1C(=O)N1CCC(C(=O)Nc2cc(Cl)ccc2Cl)CC1. The number of piperidine rings is 1. The lowest BCUT2D eigenvalue weighted by atomic mass is 9.95. The Balaban J connectivity index is 1.65. The van der Waals surface area contributed by atoms with Gasteiger partial charge in [0, 0.05) is 24.0 Å². The van der Waals surface area contributed by atoms with Gasteiger partial charge in [-0.05, 0) is 43.2 Å². The molecule has 1 N–H and O–H groups in total. The second-order valence-corrected chi connectivity index (χ2v) is 7.56. The lowest BCUT2D eigenvalue weighted by Crippen LogP contribution is -2.41. The fourth-order valence-electron chi connectivity index (χ4n) is 3.39. The van der Waals surface area contributed by atoms with Gasteiger partial charge in [0.15, 0.2) is 0 Å². The van der Waals surface area contributed by atoms with Gasteiger partial charge in [-0.1, -0.05) is 29.3 Å². The first kappa shape index (κ1) is 21.3. The first-order chi connectivity index (χ1) is 13.9. The monoisotopic (exact) mass is 436 g/mol. The van der Waals surface area contributed by atoms with Gasteiger partial charge in [0.25, 0.3) is 5.91 Å². The van der Waals surface area contributed by atoms with Crippen LogP contribution in [0.3, 0.4) is 0 Å².